The lowest BCUT2D eigenvalue weighted by Gasteiger charge is -2.33. The Morgan fingerprint density at radius 1 is 1.47 bits per heavy atom. The highest BCUT2D eigenvalue weighted by molar-refractivity contribution is 5.16. The molecule has 1 saturated carbocycles. The Morgan fingerprint density at radius 2 is 2.26 bits per heavy atom. The second-order valence-electron chi connectivity index (χ2n) is 5.07. The van der Waals surface area contributed by atoms with Crippen LogP contribution in [-0.2, 0) is 15.1 Å². The number of aromatic nitrogens is 2. The predicted octanol–water partition coefficient (Wildman–Crippen LogP) is 1.74. The van der Waals surface area contributed by atoms with Gasteiger partial charge in [-0.15, -0.1) is 0 Å². The van der Waals surface area contributed by atoms with Crippen LogP contribution in [0.15, 0.2) is 4.52 Å². The van der Waals surface area contributed by atoms with Crippen LogP contribution in [-0.4, -0.2) is 30.0 Å². The quantitative estimate of drug-likeness (QED) is 0.823. The molecular formula is C13H17N3O3. The summed E-state index contributed by atoms with van der Waals surface area (Å²) in [6.45, 7) is 3.86. The molecule has 2 atom stereocenters. The monoisotopic (exact) mass is 263 g/mol. The Hall–Kier alpha value is -1.45. The molecule has 2 fully saturated rings. The number of nitriles is 1. The normalized spacial score (nSPS) is 28.8. The Balaban J connectivity index is 1.81. The summed E-state index contributed by atoms with van der Waals surface area (Å²) in [4.78, 5) is 4.48. The van der Waals surface area contributed by atoms with E-state index in [-0.39, 0.29) is 11.8 Å². The summed E-state index contributed by atoms with van der Waals surface area (Å²) in [6.07, 6.45) is 2.31. The van der Waals surface area contributed by atoms with Crippen molar-refractivity contribution < 1.29 is 14.0 Å². The molecule has 0 amide bonds. The van der Waals surface area contributed by atoms with Crippen molar-refractivity contribution in [2.45, 2.75) is 37.7 Å². The standard InChI is InChI=1S/C13H17N3O3/c1-2-18-13(3-5-17-6-4-13)12-15-11(19-16-12)10-7-9(10)8-14/h9-10H,2-7H2,1H3. The van der Waals surface area contributed by atoms with Crippen LogP contribution in [0, 0.1) is 17.2 Å². The van der Waals surface area contributed by atoms with E-state index < -0.39 is 5.60 Å². The van der Waals surface area contributed by atoms with Crippen LogP contribution in [0.3, 0.4) is 0 Å². The van der Waals surface area contributed by atoms with Crippen LogP contribution in [0.25, 0.3) is 0 Å². The molecule has 1 saturated heterocycles. The lowest BCUT2D eigenvalue weighted by Crippen LogP contribution is -2.37. The molecule has 6 nitrogen and oxygen atoms in total. The van der Waals surface area contributed by atoms with Crippen molar-refractivity contribution in [2.75, 3.05) is 19.8 Å². The van der Waals surface area contributed by atoms with E-state index in [1.54, 1.807) is 0 Å². The molecule has 19 heavy (non-hydrogen) atoms. The van der Waals surface area contributed by atoms with Gasteiger partial charge in [-0.1, -0.05) is 5.16 Å². The van der Waals surface area contributed by atoms with Gasteiger partial charge < -0.3 is 14.0 Å². The second kappa shape index (κ2) is 4.91. The van der Waals surface area contributed by atoms with Crippen molar-refractivity contribution >= 4 is 0 Å². The van der Waals surface area contributed by atoms with Crippen molar-refractivity contribution in [3.63, 3.8) is 0 Å². The minimum atomic E-state index is -0.480. The van der Waals surface area contributed by atoms with E-state index in [1.165, 1.54) is 0 Å². The fourth-order valence-corrected chi connectivity index (χ4v) is 2.59. The third kappa shape index (κ3) is 2.24. The average Bonchev–Trinajstić information content (AvgIpc) is 3.06. The van der Waals surface area contributed by atoms with Gasteiger partial charge >= 0.3 is 0 Å². The molecule has 3 rings (SSSR count). The van der Waals surface area contributed by atoms with E-state index >= 15 is 0 Å². The van der Waals surface area contributed by atoms with Gasteiger partial charge in [0.1, 0.15) is 5.60 Å². The van der Waals surface area contributed by atoms with Crippen LogP contribution in [0.5, 0.6) is 0 Å². The fourth-order valence-electron chi connectivity index (χ4n) is 2.59. The first-order valence-electron chi connectivity index (χ1n) is 6.74. The molecule has 1 aromatic heterocycles. The highest BCUT2D eigenvalue weighted by Gasteiger charge is 2.45. The van der Waals surface area contributed by atoms with Crippen LogP contribution in [0.4, 0.5) is 0 Å². The summed E-state index contributed by atoms with van der Waals surface area (Å²) < 4.78 is 16.6. The molecule has 0 bridgehead atoms. The van der Waals surface area contributed by atoms with Crippen LogP contribution in [0.1, 0.15) is 43.8 Å². The van der Waals surface area contributed by atoms with E-state index in [2.05, 4.69) is 16.2 Å². The third-order valence-corrected chi connectivity index (χ3v) is 3.84. The molecule has 0 N–H and O–H groups in total. The summed E-state index contributed by atoms with van der Waals surface area (Å²) in [6, 6.07) is 2.23. The molecule has 1 aliphatic heterocycles. The number of hydrogen-bond acceptors (Lipinski definition) is 6. The van der Waals surface area contributed by atoms with Gasteiger partial charge in [0, 0.05) is 32.7 Å². The first-order valence-corrected chi connectivity index (χ1v) is 6.74. The van der Waals surface area contributed by atoms with Gasteiger partial charge in [-0.25, -0.2) is 0 Å². The number of rotatable bonds is 4. The summed E-state index contributed by atoms with van der Waals surface area (Å²) in [5, 5.41) is 12.9. The van der Waals surface area contributed by atoms with Gasteiger partial charge in [-0.2, -0.15) is 10.2 Å². The SMILES string of the molecule is CCOC1(c2noc(C3CC3C#N)n2)CCOCC1. The first-order chi connectivity index (χ1) is 9.29. The van der Waals surface area contributed by atoms with E-state index in [4.69, 9.17) is 19.3 Å². The van der Waals surface area contributed by atoms with E-state index in [0.717, 1.165) is 19.3 Å². The minimum Gasteiger partial charge on any atom is -0.381 e. The fraction of sp³-hybridized carbons (Fsp3) is 0.769. The first kappa shape index (κ1) is 12.6. The maximum absolute atomic E-state index is 8.85. The molecule has 0 radical (unpaired) electrons. The molecule has 1 aliphatic carbocycles. The molecule has 6 heteroatoms. The van der Waals surface area contributed by atoms with Crippen molar-refractivity contribution in [3.8, 4) is 6.07 Å². The zero-order valence-corrected chi connectivity index (χ0v) is 11.0. The molecule has 2 heterocycles. The van der Waals surface area contributed by atoms with Crippen molar-refractivity contribution in [1.82, 2.24) is 10.1 Å². The van der Waals surface area contributed by atoms with Crippen LogP contribution >= 0.6 is 0 Å². The van der Waals surface area contributed by atoms with Crippen molar-refractivity contribution in [2.24, 2.45) is 5.92 Å². The largest absolute Gasteiger partial charge is 0.381 e. The third-order valence-electron chi connectivity index (χ3n) is 3.84. The highest BCUT2D eigenvalue weighted by Crippen LogP contribution is 2.46. The topological polar surface area (TPSA) is 81.2 Å². The van der Waals surface area contributed by atoms with Gasteiger partial charge in [-0.05, 0) is 13.3 Å². The maximum Gasteiger partial charge on any atom is 0.231 e. The van der Waals surface area contributed by atoms with Gasteiger partial charge in [0.15, 0.2) is 0 Å². The van der Waals surface area contributed by atoms with Gasteiger partial charge in [0.05, 0.1) is 17.9 Å². The van der Waals surface area contributed by atoms with E-state index in [9.17, 15) is 0 Å². The molecule has 102 valence electrons. The van der Waals surface area contributed by atoms with Crippen LogP contribution in [0.2, 0.25) is 0 Å². The zero-order valence-electron chi connectivity index (χ0n) is 11.0. The molecule has 2 unspecified atom stereocenters. The van der Waals surface area contributed by atoms with E-state index in [1.807, 2.05) is 6.92 Å². The molecule has 0 spiro atoms. The van der Waals surface area contributed by atoms with Crippen molar-refractivity contribution in [3.05, 3.63) is 11.7 Å². The van der Waals surface area contributed by atoms with Gasteiger partial charge in [0.2, 0.25) is 11.7 Å². The molecule has 1 aromatic rings. The molecule has 0 aromatic carbocycles. The maximum atomic E-state index is 8.85. The number of hydrogen-bond donors (Lipinski definition) is 0. The van der Waals surface area contributed by atoms with Crippen molar-refractivity contribution in [1.29, 1.82) is 5.26 Å². The van der Waals surface area contributed by atoms with Gasteiger partial charge in [-0.3, -0.25) is 0 Å². The zero-order chi connectivity index (χ0) is 13.3. The molecular weight excluding hydrogens is 246 g/mol. The second-order valence-corrected chi connectivity index (χ2v) is 5.07. The summed E-state index contributed by atoms with van der Waals surface area (Å²) in [7, 11) is 0. The smallest absolute Gasteiger partial charge is 0.231 e. The number of ether oxygens (including phenoxy) is 2. The Bertz CT molecular complexity index is 482. The lowest BCUT2D eigenvalue weighted by molar-refractivity contribution is -0.118. The number of nitrogens with zero attached hydrogens (tertiary/aromatic N) is 3. The molecule has 2 aliphatic rings. The predicted molar refractivity (Wildman–Crippen MR) is 64.1 cm³/mol. The minimum absolute atomic E-state index is 0.0334. The lowest BCUT2D eigenvalue weighted by atomic mass is 9.93. The summed E-state index contributed by atoms with van der Waals surface area (Å²) in [5.41, 5.74) is -0.480. The summed E-state index contributed by atoms with van der Waals surface area (Å²) >= 11 is 0. The Kier molecular flexibility index (Phi) is 3.25. The average molecular weight is 263 g/mol. The van der Waals surface area contributed by atoms with Crippen LogP contribution < -0.4 is 0 Å². The Labute approximate surface area is 111 Å². The van der Waals surface area contributed by atoms with E-state index in [0.29, 0.717) is 31.5 Å². The van der Waals surface area contributed by atoms with Gasteiger partial charge in [0.25, 0.3) is 0 Å². The highest BCUT2D eigenvalue weighted by atomic mass is 16.5. The summed E-state index contributed by atoms with van der Waals surface area (Å²) in [5.74, 6) is 1.33. The Morgan fingerprint density at radius 3 is 2.89 bits per heavy atom.